The predicted octanol–water partition coefficient (Wildman–Crippen LogP) is 2.25. The molecule has 2 atom stereocenters. The average molecular weight is 290 g/mol. The smallest absolute Gasteiger partial charge is 0.0817 e. The normalized spacial score (nSPS) is 16.0. The number of rotatable bonds is 7. The number of nitrogens with one attached hydrogen (secondary N) is 1. The molecule has 116 valence electrons. The van der Waals surface area contributed by atoms with Crippen molar-refractivity contribution in [1.82, 2.24) is 15.2 Å². The number of nitrogens with two attached hydrogens (primary N) is 1. The molecule has 0 bridgehead atoms. The van der Waals surface area contributed by atoms with Crippen LogP contribution >= 0.6 is 0 Å². The molecule has 0 spiro atoms. The number of nitrogens with zero attached hydrogens (tertiary/aromatic N) is 2. The van der Waals surface area contributed by atoms with Gasteiger partial charge in [0.2, 0.25) is 0 Å². The second-order valence-corrected chi connectivity index (χ2v) is 5.57. The second-order valence-electron chi connectivity index (χ2n) is 5.57. The van der Waals surface area contributed by atoms with Crippen molar-refractivity contribution in [3.05, 3.63) is 30.0 Å². The van der Waals surface area contributed by atoms with Crippen molar-refractivity contribution in [1.29, 1.82) is 0 Å². The lowest BCUT2D eigenvalue weighted by Crippen LogP contribution is -2.53. The van der Waals surface area contributed by atoms with Gasteiger partial charge in [0.1, 0.15) is 0 Å². The molecule has 1 heterocycles. The van der Waals surface area contributed by atoms with Gasteiger partial charge in [-0.1, -0.05) is 25.1 Å². The summed E-state index contributed by atoms with van der Waals surface area (Å²) in [5, 5.41) is 5.93. The number of para-hydroxylation sites is 1. The minimum absolute atomic E-state index is 0.0103. The standard InChI is InChI=1S/C16H26N4O/c1-5-16(3,21-4)15(18-17)11-13-12-9-7-8-10-14(12)20(6-2)19-13/h7-10,15,18H,5-6,11,17H2,1-4H3. The van der Waals surface area contributed by atoms with Crippen molar-refractivity contribution in [2.24, 2.45) is 5.84 Å². The van der Waals surface area contributed by atoms with E-state index < -0.39 is 0 Å². The third kappa shape index (κ3) is 2.95. The molecule has 0 saturated heterocycles. The first-order valence-corrected chi connectivity index (χ1v) is 7.55. The molecule has 0 amide bonds. The zero-order valence-corrected chi connectivity index (χ0v) is 13.4. The van der Waals surface area contributed by atoms with Gasteiger partial charge in [0.25, 0.3) is 0 Å². The molecule has 5 nitrogen and oxygen atoms in total. The fourth-order valence-corrected chi connectivity index (χ4v) is 2.77. The van der Waals surface area contributed by atoms with Gasteiger partial charge in [-0.2, -0.15) is 5.10 Å². The van der Waals surface area contributed by atoms with Gasteiger partial charge in [0.15, 0.2) is 0 Å². The highest BCUT2D eigenvalue weighted by molar-refractivity contribution is 5.82. The van der Waals surface area contributed by atoms with Crippen LogP contribution in [0, 0.1) is 0 Å². The van der Waals surface area contributed by atoms with Crippen LogP contribution in [0.1, 0.15) is 32.9 Å². The Morgan fingerprint density at radius 2 is 2.10 bits per heavy atom. The summed E-state index contributed by atoms with van der Waals surface area (Å²) in [4.78, 5) is 0. The van der Waals surface area contributed by atoms with Crippen molar-refractivity contribution in [2.75, 3.05) is 7.11 Å². The van der Waals surface area contributed by atoms with Crippen LogP contribution < -0.4 is 11.3 Å². The number of aryl methyl sites for hydroxylation is 1. The lowest BCUT2D eigenvalue weighted by atomic mass is 9.89. The summed E-state index contributed by atoms with van der Waals surface area (Å²) in [5.41, 5.74) is 4.83. The van der Waals surface area contributed by atoms with Crippen LogP contribution in [-0.2, 0) is 17.7 Å². The Hall–Kier alpha value is -1.43. The van der Waals surface area contributed by atoms with Crippen LogP contribution in [0.25, 0.3) is 10.9 Å². The van der Waals surface area contributed by atoms with Gasteiger partial charge >= 0.3 is 0 Å². The topological polar surface area (TPSA) is 65.1 Å². The first kappa shape index (κ1) is 15.9. The molecular formula is C16H26N4O. The number of aromatic nitrogens is 2. The van der Waals surface area contributed by atoms with Crippen molar-refractivity contribution in [2.45, 2.75) is 51.8 Å². The first-order valence-electron chi connectivity index (χ1n) is 7.55. The number of hydrogen-bond acceptors (Lipinski definition) is 4. The maximum absolute atomic E-state index is 5.78. The van der Waals surface area contributed by atoms with E-state index in [2.05, 4.69) is 38.3 Å². The highest BCUT2D eigenvalue weighted by Crippen LogP contribution is 2.25. The monoisotopic (exact) mass is 290 g/mol. The quantitative estimate of drug-likeness (QED) is 0.606. The molecular weight excluding hydrogens is 264 g/mol. The molecule has 0 fully saturated rings. The van der Waals surface area contributed by atoms with Crippen LogP contribution in [0.4, 0.5) is 0 Å². The van der Waals surface area contributed by atoms with Gasteiger partial charge in [-0.3, -0.25) is 16.0 Å². The van der Waals surface area contributed by atoms with Gasteiger partial charge in [0.05, 0.1) is 22.9 Å². The molecule has 2 rings (SSSR count). The zero-order valence-electron chi connectivity index (χ0n) is 13.4. The van der Waals surface area contributed by atoms with Crippen molar-refractivity contribution in [3.63, 3.8) is 0 Å². The lowest BCUT2D eigenvalue weighted by Gasteiger charge is -2.35. The van der Waals surface area contributed by atoms with Gasteiger partial charge in [-0.25, -0.2) is 0 Å². The fourth-order valence-electron chi connectivity index (χ4n) is 2.77. The van der Waals surface area contributed by atoms with Gasteiger partial charge in [-0.15, -0.1) is 0 Å². The zero-order chi connectivity index (χ0) is 15.5. The van der Waals surface area contributed by atoms with E-state index in [1.54, 1.807) is 7.11 Å². The van der Waals surface area contributed by atoms with E-state index in [4.69, 9.17) is 15.7 Å². The summed E-state index contributed by atoms with van der Waals surface area (Å²) >= 11 is 0. The number of benzene rings is 1. The Morgan fingerprint density at radius 1 is 1.38 bits per heavy atom. The highest BCUT2D eigenvalue weighted by Gasteiger charge is 2.33. The molecule has 3 N–H and O–H groups in total. The Morgan fingerprint density at radius 3 is 2.67 bits per heavy atom. The Bertz CT molecular complexity index is 589. The summed E-state index contributed by atoms with van der Waals surface area (Å²) < 4.78 is 7.72. The summed E-state index contributed by atoms with van der Waals surface area (Å²) in [5.74, 6) is 5.78. The molecule has 0 saturated carbocycles. The molecule has 0 aliphatic heterocycles. The fraction of sp³-hybridized carbons (Fsp3) is 0.562. The van der Waals surface area contributed by atoms with E-state index in [0.717, 1.165) is 25.1 Å². The van der Waals surface area contributed by atoms with Gasteiger partial charge in [0, 0.05) is 25.5 Å². The van der Waals surface area contributed by atoms with E-state index in [-0.39, 0.29) is 11.6 Å². The first-order chi connectivity index (χ1) is 10.1. The third-order valence-corrected chi connectivity index (χ3v) is 4.54. The van der Waals surface area contributed by atoms with Crippen LogP contribution in [0.5, 0.6) is 0 Å². The Labute approximate surface area is 126 Å². The summed E-state index contributed by atoms with van der Waals surface area (Å²) in [7, 11) is 1.73. The number of hydrazine groups is 1. The third-order valence-electron chi connectivity index (χ3n) is 4.54. The van der Waals surface area contributed by atoms with E-state index >= 15 is 0 Å². The maximum atomic E-state index is 5.78. The molecule has 2 aromatic rings. The number of fused-ring (bicyclic) bond motifs is 1. The van der Waals surface area contributed by atoms with Crippen LogP contribution in [0.15, 0.2) is 24.3 Å². The Kier molecular flexibility index (Phi) is 4.98. The molecule has 21 heavy (non-hydrogen) atoms. The van der Waals surface area contributed by atoms with Crippen molar-refractivity contribution >= 4 is 10.9 Å². The molecule has 0 aliphatic carbocycles. The van der Waals surface area contributed by atoms with E-state index in [1.165, 1.54) is 10.9 Å². The summed E-state index contributed by atoms with van der Waals surface area (Å²) in [6.45, 7) is 7.15. The molecule has 0 radical (unpaired) electrons. The predicted molar refractivity (Wildman–Crippen MR) is 85.9 cm³/mol. The number of methoxy groups -OCH3 is 1. The second kappa shape index (κ2) is 6.56. The number of hydrogen-bond donors (Lipinski definition) is 2. The summed E-state index contributed by atoms with van der Waals surface area (Å²) in [6, 6.07) is 8.33. The van der Waals surface area contributed by atoms with Gasteiger partial charge < -0.3 is 4.74 Å². The molecule has 1 aromatic heterocycles. The van der Waals surface area contributed by atoms with Crippen LogP contribution in [0.2, 0.25) is 0 Å². The van der Waals surface area contributed by atoms with E-state index in [0.29, 0.717) is 0 Å². The molecule has 0 aliphatic rings. The minimum atomic E-state index is -0.314. The molecule has 2 unspecified atom stereocenters. The largest absolute Gasteiger partial charge is 0.377 e. The van der Waals surface area contributed by atoms with Crippen molar-refractivity contribution in [3.8, 4) is 0 Å². The highest BCUT2D eigenvalue weighted by atomic mass is 16.5. The average Bonchev–Trinajstić information content (AvgIpc) is 2.90. The minimum Gasteiger partial charge on any atom is -0.377 e. The molecule has 1 aromatic carbocycles. The SMILES string of the molecule is CCn1nc(CC(NN)C(C)(CC)OC)c2ccccc21. The maximum Gasteiger partial charge on any atom is 0.0817 e. The van der Waals surface area contributed by atoms with Crippen LogP contribution in [0.3, 0.4) is 0 Å². The summed E-state index contributed by atoms with van der Waals surface area (Å²) in [6.07, 6.45) is 1.62. The van der Waals surface area contributed by atoms with E-state index in [9.17, 15) is 0 Å². The Balaban J connectivity index is 2.38. The lowest BCUT2D eigenvalue weighted by molar-refractivity contribution is -0.0290. The molecule has 5 heteroatoms. The van der Waals surface area contributed by atoms with Crippen molar-refractivity contribution < 1.29 is 4.74 Å². The number of ether oxygens (including phenoxy) is 1. The van der Waals surface area contributed by atoms with Gasteiger partial charge in [-0.05, 0) is 26.3 Å². The van der Waals surface area contributed by atoms with Crippen LogP contribution in [-0.4, -0.2) is 28.5 Å². The van der Waals surface area contributed by atoms with E-state index in [1.807, 2.05) is 16.8 Å².